The lowest BCUT2D eigenvalue weighted by Gasteiger charge is -2.06. The molecule has 0 aliphatic carbocycles. The van der Waals surface area contributed by atoms with E-state index in [0.717, 1.165) is 11.4 Å². The lowest BCUT2D eigenvalue weighted by Crippen LogP contribution is -2.07. The summed E-state index contributed by atoms with van der Waals surface area (Å²) in [5.74, 6) is 1.31. The summed E-state index contributed by atoms with van der Waals surface area (Å²) < 4.78 is 5.68. The quantitative estimate of drug-likeness (QED) is 0.896. The highest BCUT2D eigenvalue weighted by Gasteiger charge is 2.01. The molecule has 1 heterocycles. The third-order valence-electron chi connectivity index (χ3n) is 2.47. The van der Waals surface area contributed by atoms with Crippen molar-refractivity contribution in [2.45, 2.75) is 20.4 Å². The molecule has 0 amide bonds. The van der Waals surface area contributed by atoms with E-state index in [9.17, 15) is 0 Å². The lowest BCUT2D eigenvalue weighted by molar-refractivity contribution is 0.452. The second-order valence-corrected chi connectivity index (χ2v) is 4.32. The molecule has 1 aromatic heterocycles. The Kier molecular flexibility index (Phi) is 3.89. The maximum atomic E-state index is 5.68. The number of ether oxygens (including phenoxy) is 1. The normalized spacial score (nSPS) is 10.4. The van der Waals surface area contributed by atoms with Crippen LogP contribution in [0.3, 0.4) is 0 Å². The standard InChI is InChI=1S/C14H17N3O/c1-10-6-11(2)8-13(7-10)18-14-5-4-12(9-15-3)16-17-14/h4-8,15H,9H2,1-3H3. The van der Waals surface area contributed by atoms with Gasteiger partial charge in [-0.2, -0.15) is 5.10 Å². The van der Waals surface area contributed by atoms with Crippen molar-refractivity contribution in [3.63, 3.8) is 0 Å². The van der Waals surface area contributed by atoms with Crippen LogP contribution in [0.25, 0.3) is 0 Å². The predicted molar refractivity (Wildman–Crippen MR) is 70.8 cm³/mol. The van der Waals surface area contributed by atoms with Gasteiger partial charge in [0, 0.05) is 12.6 Å². The maximum absolute atomic E-state index is 5.68. The number of nitrogens with one attached hydrogen (secondary N) is 1. The van der Waals surface area contributed by atoms with Gasteiger partial charge in [0.05, 0.1) is 5.69 Å². The van der Waals surface area contributed by atoms with Crippen molar-refractivity contribution in [2.75, 3.05) is 7.05 Å². The summed E-state index contributed by atoms with van der Waals surface area (Å²) in [6.07, 6.45) is 0. The summed E-state index contributed by atoms with van der Waals surface area (Å²) in [5, 5.41) is 11.1. The zero-order chi connectivity index (χ0) is 13.0. The number of benzene rings is 1. The molecule has 0 aliphatic rings. The number of rotatable bonds is 4. The molecule has 0 aliphatic heterocycles. The second kappa shape index (κ2) is 5.60. The van der Waals surface area contributed by atoms with Crippen LogP contribution in [0, 0.1) is 13.8 Å². The van der Waals surface area contributed by atoms with Crippen molar-refractivity contribution in [1.82, 2.24) is 15.5 Å². The zero-order valence-electron chi connectivity index (χ0n) is 10.9. The molecule has 0 bridgehead atoms. The van der Waals surface area contributed by atoms with Gasteiger partial charge in [-0.15, -0.1) is 5.10 Å². The molecule has 0 unspecified atom stereocenters. The first kappa shape index (κ1) is 12.5. The van der Waals surface area contributed by atoms with Gasteiger partial charge in [0.1, 0.15) is 5.75 Å². The van der Waals surface area contributed by atoms with Crippen LogP contribution >= 0.6 is 0 Å². The van der Waals surface area contributed by atoms with Crippen LogP contribution in [0.4, 0.5) is 0 Å². The molecule has 0 spiro atoms. The number of nitrogens with zero attached hydrogens (tertiary/aromatic N) is 2. The third-order valence-corrected chi connectivity index (χ3v) is 2.47. The van der Waals surface area contributed by atoms with Gasteiger partial charge in [0.2, 0.25) is 5.88 Å². The Morgan fingerprint density at radius 3 is 2.33 bits per heavy atom. The number of hydrogen-bond acceptors (Lipinski definition) is 4. The number of hydrogen-bond donors (Lipinski definition) is 1. The average molecular weight is 243 g/mol. The molecule has 2 aromatic rings. The topological polar surface area (TPSA) is 47.0 Å². The lowest BCUT2D eigenvalue weighted by atomic mass is 10.1. The Hall–Kier alpha value is -1.94. The monoisotopic (exact) mass is 243 g/mol. The highest BCUT2D eigenvalue weighted by molar-refractivity contribution is 5.35. The van der Waals surface area contributed by atoms with E-state index in [4.69, 9.17) is 4.74 Å². The minimum Gasteiger partial charge on any atom is -0.438 e. The Labute approximate surface area is 107 Å². The van der Waals surface area contributed by atoms with E-state index in [-0.39, 0.29) is 0 Å². The van der Waals surface area contributed by atoms with Gasteiger partial charge < -0.3 is 10.1 Å². The molecular formula is C14H17N3O. The van der Waals surface area contributed by atoms with Crippen LogP contribution in [-0.2, 0) is 6.54 Å². The van der Waals surface area contributed by atoms with E-state index < -0.39 is 0 Å². The summed E-state index contributed by atoms with van der Waals surface area (Å²) in [7, 11) is 1.88. The first-order valence-corrected chi connectivity index (χ1v) is 5.91. The van der Waals surface area contributed by atoms with E-state index in [1.807, 2.05) is 45.2 Å². The molecule has 0 saturated carbocycles. The fourth-order valence-electron chi connectivity index (χ4n) is 1.79. The molecule has 1 N–H and O–H groups in total. The van der Waals surface area contributed by atoms with Crippen molar-refractivity contribution in [1.29, 1.82) is 0 Å². The van der Waals surface area contributed by atoms with Gasteiger partial charge in [-0.1, -0.05) is 6.07 Å². The highest BCUT2D eigenvalue weighted by atomic mass is 16.5. The zero-order valence-corrected chi connectivity index (χ0v) is 10.9. The molecule has 18 heavy (non-hydrogen) atoms. The third kappa shape index (κ3) is 3.28. The summed E-state index contributed by atoms with van der Waals surface area (Å²) >= 11 is 0. The summed E-state index contributed by atoms with van der Waals surface area (Å²) in [4.78, 5) is 0. The molecule has 2 rings (SSSR count). The Bertz CT molecular complexity index is 503. The van der Waals surface area contributed by atoms with E-state index in [2.05, 4.69) is 21.6 Å². The van der Waals surface area contributed by atoms with Gasteiger partial charge in [0.15, 0.2) is 0 Å². The molecule has 94 valence electrons. The van der Waals surface area contributed by atoms with Crippen molar-refractivity contribution in [3.8, 4) is 11.6 Å². The van der Waals surface area contributed by atoms with Gasteiger partial charge in [-0.3, -0.25) is 0 Å². The van der Waals surface area contributed by atoms with Crippen LogP contribution in [0.2, 0.25) is 0 Å². The molecule has 0 atom stereocenters. The van der Waals surface area contributed by atoms with Crippen LogP contribution in [0.15, 0.2) is 30.3 Å². The van der Waals surface area contributed by atoms with Crippen LogP contribution in [-0.4, -0.2) is 17.2 Å². The SMILES string of the molecule is CNCc1ccc(Oc2cc(C)cc(C)c2)nn1. The van der Waals surface area contributed by atoms with Gasteiger partial charge >= 0.3 is 0 Å². The maximum Gasteiger partial charge on any atom is 0.238 e. The minimum atomic E-state index is 0.514. The Morgan fingerprint density at radius 1 is 1.06 bits per heavy atom. The highest BCUT2D eigenvalue weighted by Crippen LogP contribution is 2.21. The minimum absolute atomic E-state index is 0.514. The fourth-order valence-corrected chi connectivity index (χ4v) is 1.79. The first-order chi connectivity index (χ1) is 8.67. The number of aryl methyl sites for hydroxylation is 2. The first-order valence-electron chi connectivity index (χ1n) is 5.91. The fraction of sp³-hybridized carbons (Fsp3) is 0.286. The molecular weight excluding hydrogens is 226 g/mol. The van der Waals surface area contributed by atoms with E-state index in [1.54, 1.807) is 0 Å². The second-order valence-electron chi connectivity index (χ2n) is 4.32. The van der Waals surface area contributed by atoms with Crippen LogP contribution in [0.1, 0.15) is 16.8 Å². The van der Waals surface area contributed by atoms with Crippen LogP contribution in [0.5, 0.6) is 11.6 Å². The summed E-state index contributed by atoms with van der Waals surface area (Å²) in [6.45, 7) is 4.79. The molecule has 4 heteroatoms. The smallest absolute Gasteiger partial charge is 0.238 e. The van der Waals surface area contributed by atoms with E-state index >= 15 is 0 Å². The van der Waals surface area contributed by atoms with Crippen molar-refractivity contribution in [3.05, 3.63) is 47.2 Å². The average Bonchev–Trinajstić information content (AvgIpc) is 2.31. The van der Waals surface area contributed by atoms with Crippen molar-refractivity contribution < 1.29 is 4.74 Å². The van der Waals surface area contributed by atoms with Crippen LogP contribution < -0.4 is 10.1 Å². The molecule has 0 radical (unpaired) electrons. The van der Waals surface area contributed by atoms with Gasteiger partial charge in [-0.05, 0) is 50.2 Å². The molecule has 0 fully saturated rings. The van der Waals surface area contributed by atoms with Crippen molar-refractivity contribution >= 4 is 0 Å². The Morgan fingerprint density at radius 2 is 1.78 bits per heavy atom. The molecule has 4 nitrogen and oxygen atoms in total. The van der Waals surface area contributed by atoms with Gasteiger partial charge in [0.25, 0.3) is 0 Å². The number of aromatic nitrogens is 2. The summed E-state index contributed by atoms with van der Waals surface area (Å²) in [5.41, 5.74) is 3.24. The van der Waals surface area contributed by atoms with E-state index in [0.29, 0.717) is 12.4 Å². The van der Waals surface area contributed by atoms with Gasteiger partial charge in [-0.25, -0.2) is 0 Å². The summed E-state index contributed by atoms with van der Waals surface area (Å²) in [6, 6.07) is 9.81. The molecule has 0 saturated heterocycles. The Balaban J connectivity index is 2.13. The largest absolute Gasteiger partial charge is 0.438 e. The molecule has 1 aromatic carbocycles. The predicted octanol–water partition coefficient (Wildman–Crippen LogP) is 2.61. The van der Waals surface area contributed by atoms with Crippen molar-refractivity contribution in [2.24, 2.45) is 0 Å². The van der Waals surface area contributed by atoms with E-state index in [1.165, 1.54) is 11.1 Å².